The van der Waals surface area contributed by atoms with Gasteiger partial charge in [0.15, 0.2) is 0 Å². The molecule has 4 N–H and O–H groups in total. The number of carbonyl (C=O) groups is 1. The van der Waals surface area contributed by atoms with Gasteiger partial charge in [-0.1, -0.05) is 0 Å². The molecule has 1 saturated carbocycles. The zero-order valence-corrected chi connectivity index (χ0v) is 11.0. The van der Waals surface area contributed by atoms with Crippen molar-refractivity contribution in [3.05, 3.63) is 17.3 Å². The minimum absolute atomic E-state index is 0.109. The van der Waals surface area contributed by atoms with Gasteiger partial charge in [0, 0.05) is 24.4 Å². The first-order chi connectivity index (χ1) is 9.15. The van der Waals surface area contributed by atoms with Crippen molar-refractivity contribution in [2.75, 3.05) is 18.9 Å². The number of aliphatic hydroxyl groups excluding tert-OH is 1. The normalized spacial score (nSPS) is 16.5. The van der Waals surface area contributed by atoms with E-state index in [1.807, 2.05) is 0 Å². The Bertz CT molecular complexity index is 636. The number of amides is 1. The summed E-state index contributed by atoms with van der Waals surface area (Å²) in [5.41, 5.74) is 6.76. The van der Waals surface area contributed by atoms with Gasteiger partial charge in [-0.2, -0.15) is 0 Å². The molecule has 2 aromatic rings. The van der Waals surface area contributed by atoms with Crippen molar-refractivity contribution in [2.45, 2.75) is 12.8 Å². The highest BCUT2D eigenvalue weighted by atomic mass is 32.1. The summed E-state index contributed by atoms with van der Waals surface area (Å²) >= 11 is 1.24. The Morgan fingerprint density at radius 2 is 2.21 bits per heavy atom. The Kier molecular flexibility index (Phi) is 2.87. The van der Waals surface area contributed by atoms with Crippen molar-refractivity contribution >= 4 is 33.3 Å². The van der Waals surface area contributed by atoms with Gasteiger partial charge < -0.3 is 16.2 Å². The molecule has 0 atom stereocenters. The standard InChI is InChI=1S/C12H14N4O2S/c13-7-8-11(15-4-3-14-8)19-9(7)10(18)16-5-12(6-17)1-2-12/h3-4,17H,1-2,5-6,13H2,(H,16,18). The molecule has 7 heteroatoms. The minimum atomic E-state index is -0.220. The first-order valence-electron chi connectivity index (χ1n) is 6.03. The van der Waals surface area contributed by atoms with Crippen molar-refractivity contribution in [1.29, 1.82) is 0 Å². The lowest BCUT2D eigenvalue weighted by atomic mass is 10.1. The van der Waals surface area contributed by atoms with Crippen LogP contribution in [0.5, 0.6) is 0 Å². The first-order valence-corrected chi connectivity index (χ1v) is 6.85. The highest BCUT2D eigenvalue weighted by Gasteiger charge is 2.42. The summed E-state index contributed by atoms with van der Waals surface area (Å²) in [4.78, 5) is 21.5. The van der Waals surface area contributed by atoms with Gasteiger partial charge in [-0.05, 0) is 12.8 Å². The van der Waals surface area contributed by atoms with Gasteiger partial charge in [0.25, 0.3) is 5.91 Å². The van der Waals surface area contributed by atoms with Crippen LogP contribution in [0.25, 0.3) is 10.3 Å². The third-order valence-corrected chi connectivity index (χ3v) is 4.59. The molecule has 1 aliphatic rings. The number of hydrogen-bond donors (Lipinski definition) is 3. The molecule has 0 bridgehead atoms. The quantitative estimate of drug-likeness (QED) is 0.767. The molecule has 0 spiro atoms. The number of aliphatic hydroxyl groups is 1. The lowest BCUT2D eigenvalue weighted by Crippen LogP contribution is -2.31. The van der Waals surface area contributed by atoms with E-state index in [2.05, 4.69) is 15.3 Å². The number of nitrogens with zero attached hydrogens (tertiary/aromatic N) is 2. The fraction of sp³-hybridized carbons (Fsp3) is 0.417. The van der Waals surface area contributed by atoms with E-state index in [1.54, 1.807) is 12.4 Å². The molecule has 0 saturated heterocycles. The fourth-order valence-corrected chi connectivity index (χ4v) is 2.87. The van der Waals surface area contributed by atoms with E-state index < -0.39 is 0 Å². The Morgan fingerprint density at radius 1 is 1.47 bits per heavy atom. The number of carbonyl (C=O) groups excluding carboxylic acids is 1. The number of fused-ring (bicyclic) bond motifs is 1. The van der Waals surface area contributed by atoms with Crippen LogP contribution in [0.4, 0.5) is 5.69 Å². The van der Waals surface area contributed by atoms with Gasteiger partial charge >= 0.3 is 0 Å². The van der Waals surface area contributed by atoms with Crippen LogP contribution in [-0.4, -0.2) is 34.1 Å². The molecule has 0 unspecified atom stereocenters. The summed E-state index contributed by atoms with van der Waals surface area (Å²) in [6, 6.07) is 0. The molecule has 1 fully saturated rings. The molecule has 19 heavy (non-hydrogen) atoms. The number of rotatable bonds is 4. The van der Waals surface area contributed by atoms with Crippen molar-refractivity contribution < 1.29 is 9.90 Å². The van der Waals surface area contributed by atoms with Crippen molar-refractivity contribution in [2.24, 2.45) is 5.41 Å². The van der Waals surface area contributed by atoms with Crippen LogP contribution in [0.2, 0.25) is 0 Å². The Balaban J connectivity index is 1.80. The summed E-state index contributed by atoms with van der Waals surface area (Å²) in [5.74, 6) is -0.220. The van der Waals surface area contributed by atoms with E-state index in [1.165, 1.54) is 11.3 Å². The monoisotopic (exact) mass is 278 g/mol. The molecular formula is C12H14N4O2S. The third-order valence-electron chi connectivity index (χ3n) is 3.49. The lowest BCUT2D eigenvalue weighted by molar-refractivity contribution is 0.0940. The van der Waals surface area contributed by atoms with Crippen molar-refractivity contribution in [3.63, 3.8) is 0 Å². The van der Waals surface area contributed by atoms with E-state index in [0.717, 1.165) is 12.8 Å². The van der Waals surface area contributed by atoms with E-state index in [0.29, 0.717) is 27.5 Å². The summed E-state index contributed by atoms with van der Waals surface area (Å²) in [6.45, 7) is 0.592. The van der Waals surface area contributed by atoms with Gasteiger partial charge in [0.2, 0.25) is 0 Å². The molecule has 1 aliphatic carbocycles. The van der Waals surface area contributed by atoms with Crippen LogP contribution in [0.3, 0.4) is 0 Å². The largest absolute Gasteiger partial charge is 0.396 e. The maximum absolute atomic E-state index is 12.1. The fourth-order valence-electron chi connectivity index (χ4n) is 1.93. The predicted octanol–water partition coefficient (Wildman–Crippen LogP) is 0.776. The molecule has 0 aliphatic heterocycles. The molecule has 0 radical (unpaired) electrons. The van der Waals surface area contributed by atoms with Gasteiger partial charge in [-0.15, -0.1) is 11.3 Å². The lowest BCUT2D eigenvalue weighted by Gasteiger charge is -2.12. The first kappa shape index (κ1) is 12.3. The summed E-state index contributed by atoms with van der Waals surface area (Å²) in [6.07, 6.45) is 5.03. The number of aromatic nitrogens is 2. The minimum Gasteiger partial charge on any atom is -0.396 e. The van der Waals surface area contributed by atoms with Crippen LogP contribution in [-0.2, 0) is 0 Å². The van der Waals surface area contributed by atoms with Crippen molar-refractivity contribution in [3.8, 4) is 0 Å². The van der Waals surface area contributed by atoms with Crippen LogP contribution < -0.4 is 11.1 Å². The zero-order valence-electron chi connectivity index (χ0n) is 10.2. The second kappa shape index (κ2) is 4.43. The summed E-state index contributed by atoms with van der Waals surface area (Å²) in [5, 5.41) is 12.0. The average molecular weight is 278 g/mol. The number of nitrogens with two attached hydrogens (primary N) is 1. The van der Waals surface area contributed by atoms with E-state index in [9.17, 15) is 9.90 Å². The molecule has 100 valence electrons. The second-order valence-corrected chi connectivity index (χ2v) is 5.89. The Morgan fingerprint density at radius 3 is 2.84 bits per heavy atom. The third kappa shape index (κ3) is 2.15. The highest BCUT2D eigenvalue weighted by molar-refractivity contribution is 7.21. The Hall–Kier alpha value is -1.73. The molecular weight excluding hydrogens is 264 g/mol. The molecule has 2 heterocycles. The number of thiophene rings is 1. The summed E-state index contributed by atoms with van der Waals surface area (Å²) in [7, 11) is 0. The zero-order chi connectivity index (χ0) is 13.5. The Labute approximate surface area is 113 Å². The maximum Gasteiger partial charge on any atom is 0.263 e. The van der Waals surface area contributed by atoms with E-state index in [4.69, 9.17) is 5.73 Å². The van der Waals surface area contributed by atoms with Crippen LogP contribution in [0, 0.1) is 5.41 Å². The highest BCUT2D eigenvalue weighted by Crippen LogP contribution is 2.44. The van der Waals surface area contributed by atoms with Gasteiger partial charge in [-0.25, -0.2) is 9.97 Å². The van der Waals surface area contributed by atoms with Crippen LogP contribution in [0.1, 0.15) is 22.5 Å². The number of nitrogens with one attached hydrogen (secondary N) is 1. The number of hydrogen-bond acceptors (Lipinski definition) is 6. The van der Waals surface area contributed by atoms with Crippen molar-refractivity contribution in [1.82, 2.24) is 15.3 Å². The molecule has 1 amide bonds. The predicted molar refractivity (Wildman–Crippen MR) is 72.9 cm³/mol. The second-order valence-electron chi connectivity index (χ2n) is 4.90. The molecule has 0 aromatic carbocycles. The molecule has 6 nitrogen and oxygen atoms in total. The number of nitrogen functional groups attached to an aromatic ring is 1. The van der Waals surface area contributed by atoms with Gasteiger partial charge in [0.05, 0.1) is 12.3 Å². The summed E-state index contributed by atoms with van der Waals surface area (Å²) < 4.78 is 0. The maximum atomic E-state index is 12.1. The van der Waals surface area contributed by atoms with Gasteiger partial charge in [0.1, 0.15) is 15.2 Å². The topological polar surface area (TPSA) is 101 Å². The molecule has 2 aromatic heterocycles. The van der Waals surface area contributed by atoms with Crippen LogP contribution >= 0.6 is 11.3 Å². The van der Waals surface area contributed by atoms with E-state index >= 15 is 0 Å². The molecule has 3 rings (SSSR count). The SMILES string of the molecule is Nc1c(C(=O)NCC2(CO)CC2)sc2nccnc12. The smallest absolute Gasteiger partial charge is 0.263 e. The average Bonchev–Trinajstić information content (AvgIpc) is 3.15. The van der Waals surface area contributed by atoms with Gasteiger partial charge in [-0.3, -0.25) is 4.79 Å². The van der Waals surface area contributed by atoms with Crippen LogP contribution in [0.15, 0.2) is 12.4 Å². The van der Waals surface area contributed by atoms with E-state index in [-0.39, 0.29) is 17.9 Å². The number of anilines is 1.